The highest BCUT2D eigenvalue weighted by Crippen LogP contribution is 2.36. The molecule has 0 saturated heterocycles. The lowest BCUT2D eigenvalue weighted by Crippen LogP contribution is -2.01. The molecule has 2 aromatic carbocycles. The van der Waals surface area contributed by atoms with E-state index in [0.29, 0.717) is 28.2 Å². The lowest BCUT2D eigenvalue weighted by Gasteiger charge is -2.10. The molecule has 0 fully saturated rings. The van der Waals surface area contributed by atoms with Crippen LogP contribution in [0.2, 0.25) is 0 Å². The molecule has 0 radical (unpaired) electrons. The number of nitro benzene ring substituents is 1. The minimum absolute atomic E-state index is 0.0528. The molecule has 0 bridgehead atoms. The second-order valence-corrected chi connectivity index (χ2v) is 6.09. The fraction of sp³-hybridized carbons (Fsp3) is 0.176. The lowest BCUT2D eigenvalue weighted by atomic mass is 10.2. The van der Waals surface area contributed by atoms with Crippen molar-refractivity contribution in [1.29, 1.82) is 0 Å². The van der Waals surface area contributed by atoms with Gasteiger partial charge in [0.05, 0.1) is 22.5 Å². The Labute approximate surface area is 148 Å². The molecule has 1 heterocycles. The Morgan fingerprint density at radius 1 is 1.16 bits per heavy atom. The monoisotopic (exact) mass is 356 g/mol. The summed E-state index contributed by atoms with van der Waals surface area (Å²) in [7, 11) is 1.61. The van der Waals surface area contributed by atoms with Crippen molar-refractivity contribution in [2.24, 2.45) is 0 Å². The Bertz CT molecular complexity index is 910. The predicted octanol–water partition coefficient (Wildman–Crippen LogP) is 4.03. The fourth-order valence-corrected chi connectivity index (χ4v) is 3.47. The van der Waals surface area contributed by atoms with E-state index in [1.807, 2.05) is 35.8 Å². The van der Waals surface area contributed by atoms with Crippen molar-refractivity contribution in [1.82, 2.24) is 14.8 Å². The van der Waals surface area contributed by atoms with Gasteiger partial charge in [-0.25, -0.2) is 0 Å². The van der Waals surface area contributed by atoms with E-state index >= 15 is 0 Å². The van der Waals surface area contributed by atoms with E-state index in [2.05, 4.69) is 10.2 Å². The summed E-state index contributed by atoms with van der Waals surface area (Å²) in [5, 5.41) is 20.3. The summed E-state index contributed by atoms with van der Waals surface area (Å²) in [6.07, 6.45) is 0. The number of ether oxygens (including phenoxy) is 1. The minimum Gasteiger partial charge on any atom is -0.496 e. The molecule has 8 heteroatoms. The topological polar surface area (TPSA) is 83.1 Å². The summed E-state index contributed by atoms with van der Waals surface area (Å²) in [5.41, 5.74) is 0.880. The summed E-state index contributed by atoms with van der Waals surface area (Å²) in [4.78, 5) is 11.3. The third-order valence-electron chi connectivity index (χ3n) is 3.64. The molecule has 0 aliphatic heterocycles. The number of methoxy groups -OCH3 is 1. The zero-order valence-electron chi connectivity index (χ0n) is 13.7. The van der Waals surface area contributed by atoms with Crippen LogP contribution in [-0.2, 0) is 6.54 Å². The Hall–Kier alpha value is -2.87. The van der Waals surface area contributed by atoms with Gasteiger partial charge in [0, 0.05) is 12.6 Å². The maximum Gasteiger partial charge on any atom is 0.283 e. The molecule has 128 valence electrons. The Morgan fingerprint density at radius 3 is 2.60 bits per heavy atom. The highest BCUT2D eigenvalue weighted by molar-refractivity contribution is 7.99. The van der Waals surface area contributed by atoms with Crippen molar-refractivity contribution in [3.05, 3.63) is 58.6 Å². The molecule has 0 N–H and O–H groups in total. The normalized spacial score (nSPS) is 10.6. The summed E-state index contributed by atoms with van der Waals surface area (Å²) in [6, 6.07) is 14.2. The molecule has 0 aliphatic rings. The van der Waals surface area contributed by atoms with Crippen molar-refractivity contribution in [2.45, 2.75) is 23.5 Å². The molecular weight excluding hydrogens is 340 g/mol. The quantitative estimate of drug-likeness (QED) is 0.490. The number of benzene rings is 2. The van der Waals surface area contributed by atoms with Gasteiger partial charge < -0.3 is 9.30 Å². The van der Waals surface area contributed by atoms with Crippen LogP contribution in [0.15, 0.2) is 58.6 Å². The molecule has 0 saturated carbocycles. The van der Waals surface area contributed by atoms with Gasteiger partial charge in [0.2, 0.25) is 0 Å². The van der Waals surface area contributed by atoms with Gasteiger partial charge in [-0.15, -0.1) is 10.2 Å². The van der Waals surface area contributed by atoms with E-state index in [1.165, 1.54) is 17.8 Å². The lowest BCUT2D eigenvalue weighted by molar-refractivity contribution is -0.387. The molecule has 0 amide bonds. The SMILES string of the molecule is CCn1c(Sc2ccccc2[N+](=O)[O-])nnc1-c1ccccc1OC. The van der Waals surface area contributed by atoms with Gasteiger partial charge in [0.1, 0.15) is 5.75 Å². The van der Waals surface area contributed by atoms with Gasteiger partial charge in [-0.2, -0.15) is 0 Å². The average Bonchev–Trinajstić information content (AvgIpc) is 3.04. The van der Waals surface area contributed by atoms with Crippen LogP contribution in [-0.4, -0.2) is 26.8 Å². The predicted molar refractivity (Wildman–Crippen MR) is 94.9 cm³/mol. The number of aromatic nitrogens is 3. The first-order valence-electron chi connectivity index (χ1n) is 7.63. The molecule has 0 atom stereocenters. The van der Waals surface area contributed by atoms with E-state index in [0.717, 1.165) is 5.56 Å². The molecule has 3 aromatic rings. The number of para-hydroxylation sites is 2. The second-order valence-electron chi connectivity index (χ2n) is 5.08. The first-order chi connectivity index (χ1) is 12.2. The number of nitro groups is 1. The third-order valence-corrected chi connectivity index (χ3v) is 4.69. The van der Waals surface area contributed by atoms with Crippen molar-refractivity contribution in [2.75, 3.05) is 7.11 Å². The number of nitrogens with zero attached hydrogens (tertiary/aromatic N) is 4. The zero-order chi connectivity index (χ0) is 17.8. The summed E-state index contributed by atoms with van der Waals surface area (Å²) in [5.74, 6) is 1.37. The van der Waals surface area contributed by atoms with Gasteiger partial charge in [-0.05, 0) is 36.9 Å². The smallest absolute Gasteiger partial charge is 0.283 e. The van der Waals surface area contributed by atoms with Crippen LogP contribution >= 0.6 is 11.8 Å². The maximum atomic E-state index is 11.2. The van der Waals surface area contributed by atoms with E-state index in [-0.39, 0.29) is 5.69 Å². The van der Waals surface area contributed by atoms with Crippen molar-refractivity contribution < 1.29 is 9.66 Å². The molecule has 0 aliphatic carbocycles. The molecule has 1 aromatic heterocycles. The van der Waals surface area contributed by atoms with Gasteiger partial charge in [-0.3, -0.25) is 10.1 Å². The molecular formula is C17H16N4O3S. The van der Waals surface area contributed by atoms with Crippen LogP contribution in [0.4, 0.5) is 5.69 Å². The summed E-state index contributed by atoms with van der Waals surface area (Å²) >= 11 is 1.23. The van der Waals surface area contributed by atoms with Crippen molar-refractivity contribution >= 4 is 17.4 Å². The van der Waals surface area contributed by atoms with E-state index in [1.54, 1.807) is 25.3 Å². The largest absolute Gasteiger partial charge is 0.496 e. The highest BCUT2D eigenvalue weighted by Gasteiger charge is 2.20. The minimum atomic E-state index is -0.393. The van der Waals surface area contributed by atoms with Crippen LogP contribution in [0, 0.1) is 10.1 Å². The Kier molecular flexibility index (Phi) is 4.99. The molecule has 3 rings (SSSR count). The second kappa shape index (κ2) is 7.35. The Morgan fingerprint density at radius 2 is 1.88 bits per heavy atom. The first kappa shape index (κ1) is 17.0. The van der Waals surface area contributed by atoms with Crippen molar-refractivity contribution in [3.63, 3.8) is 0 Å². The summed E-state index contributed by atoms with van der Waals surface area (Å²) in [6.45, 7) is 2.61. The van der Waals surface area contributed by atoms with Crippen LogP contribution in [0.25, 0.3) is 11.4 Å². The first-order valence-corrected chi connectivity index (χ1v) is 8.45. The van der Waals surface area contributed by atoms with Gasteiger partial charge in [-0.1, -0.05) is 24.3 Å². The van der Waals surface area contributed by atoms with Crippen LogP contribution in [0.3, 0.4) is 0 Å². The zero-order valence-corrected chi connectivity index (χ0v) is 14.6. The van der Waals surface area contributed by atoms with Crippen LogP contribution in [0.5, 0.6) is 5.75 Å². The third kappa shape index (κ3) is 3.34. The Balaban J connectivity index is 2.03. The summed E-state index contributed by atoms with van der Waals surface area (Å²) < 4.78 is 7.32. The highest BCUT2D eigenvalue weighted by atomic mass is 32.2. The van der Waals surface area contributed by atoms with Gasteiger partial charge >= 0.3 is 0 Å². The van der Waals surface area contributed by atoms with Crippen LogP contribution < -0.4 is 4.74 Å². The number of hydrogen-bond donors (Lipinski definition) is 0. The van der Waals surface area contributed by atoms with Gasteiger partial charge in [0.15, 0.2) is 11.0 Å². The molecule has 0 unspecified atom stereocenters. The maximum absolute atomic E-state index is 11.2. The van der Waals surface area contributed by atoms with E-state index in [9.17, 15) is 10.1 Å². The molecule has 25 heavy (non-hydrogen) atoms. The van der Waals surface area contributed by atoms with Crippen LogP contribution in [0.1, 0.15) is 6.92 Å². The molecule has 0 spiro atoms. The number of rotatable bonds is 6. The molecule has 7 nitrogen and oxygen atoms in total. The van der Waals surface area contributed by atoms with Gasteiger partial charge in [0.25, 0.3) is 5.69 Å². The standard InChI is InChI=1S/C17H16N4O3S/c1-3-20-16(12-8-4-6-10-14(12)24-2)18-19-17(20)25-15-11-7-5-9-13(15)21(22)23/h4-11H,3H2,1-2H3. The van der Waals surface area contributed by atoms with E-state index < -0.39 is 4.92 Å². The number of hydrogen-bond acceptors (Lipinski definition) is 6. The van der Waals surface area contributed by atoms with E-state index in [4.69, 9.17) is 4.74 Å². The van der Waals surface area contributed by atoms with Crippen molar-refractivity contribution in [3.8, 4) is 17.1 Å². The fourth-order valence-electron chi connectivity index (χ4n) is 2.47. The average molecular weight is 356 g/mol.